The number of aromatic carboxylic acids is 1. The molecule has 136 valence electrons. The number of para-hydroxylation sites is 1. The number of carboxylic acid groups (broad SMARTS) is 1. The normalized spacial score (nSPS) is 11.4. The molecule has 4 nitrogen and oxygen atoms in total. The van der Waals surface area contributed by atoms with Crippen LogP contribution in [-0.4, -0.2) is 17.0 Å². The fourth-order valence-electron chi connectivity index (χ4n) is 2.69. The topological polar surface area (TPSA) is 66.4 Å². The summed E-state index contributed by atoms with van der Waals surface area (Å²) in [5, 5.41) is 14.7. The van der Waals surface area contributed by atoms with Crippen LogP contribution in [0.1, 0.15) is 22.8 Å². The van der Waals surface area contributed by atoms with E-state index in [9.17, 15) is 14.7 Å². The molecule has 0 unspecified atom stereocenters. The lowest BCUT2D eigenvalue weighted by Gasteiger charge is -2.09. The van der Waals surface area contributed by atoms with Crippen molar-refractivity contribution >= 4 is 57.6 Å². The minimum atomic E-state index is -1.11. The molecule has 0 aliphatic heterocycles. The summed E-state index contributed by atoms with van der Waals surface area (Å²) in [5.74, 6) is -1.51. The lowest BCUT2D eigenvalue weighted by Crippen LogP contribution is -2.15. The van der Waals surface area contributed by atoms with Crippen molar-refractivity contribution in [2.45, 2.75) is 6.92 Å². The highest BCUT2D eigenvalue weighted by Crippen LogP contribution is 2.30. The van der Waals surface area contributed by atoms with Crippen LogP contribution < -0.4 is 5.32 Å². The van der Waals surface area contributed by atoms with Crippen LogP contribution in [-0.2, 0) is 4.79 Å². The minimum Gasteiger partial charge on any atom is -0.478 e. The van der Waals surface area contributed by atoms with Crippen molar-refractivity contribution in [1.82, 2.24) is 0 Å². The van der Waals surface area contributed by atoms with Crippen LogP contribution in [0.4, 0.5) is 5.69 Å². The first-order valence-corrected chi connectivity index (χ1v) is 8.82. The molecule has 0 aliphatic rings. The van der Waals surface area contributed by atoms with E-state index in [0.717, 1.165) is 10.8 Å². The average molecular weight is 400 g/mol. The first kappa shape index (κ1) is 19.0. The molecule has 0 spiro atoms. The van der Waals surface area contributed by atoms with Gasteiger partial charge in [-0.2, -0.15) is 0 Å². The molecule has 0 bridgehead atoms. The van der Waals surface area contributed by atoms with E-state index < -0.39 is 11.9 Å². The Bertz CT molecular complexity index is 1090. The van der Waals surface area contributed by atoms with Gasteiger partial charge in [-0.05, 0) is 48.2 Å². The van der Waals surface area contributed by atoms with Gasteiger partial charge in [0.05, 0.1) is 16.3 Å². The van der Waals surface area contributed by atoms with E-state index in [-0.39, 0.29) is 11.3 Å². The molecular formula is C21H15Cl2NO3. The summed E-state index contributed by atoms with van der Waals surface area (Å²) in [7, 11) is 0. The van der Waals surface area contributed by atoms with Crippen LogP contribution in [0.3, 0.4) is 0 Å². The number of carbonyl (C=O) groups is 2. The van der Waals surface area contributed by atoms with Crippen molar-refractivity contribution in [2.75, 3.05) is 5.32 Å². The number of anilines is 1. The molecular weight excluding hydrogens is 385 g/mol. The molecule has 27 heavy (non-hydrogen) atoms. The molecule has 0 atom stereocenters. The number of carbonyl (C=O) groups excluding carboxylic acids is 1. The van der Waals surface area contributed by atoms with Gasteiger partial charge in [-0.3, -0.25) is 4.79 Å². The molecule has 3 rings (SSSR count). The Labute approximate surface area is 166 Å². The Morgan fingerprint density at radius 3 is 2.52 bits per heavy atom. The molecule has 0 aliphatic carbocycles. The van der Waals surface area contributed by atoms with E-state index in [4.69, 9.17) is 23.2 Å². The highest BCUT2D eigenvalue weighted by atomic mass is 35.5. The van der Waals surface area contributed by atoms with Crippen molar-refractivity contribution in [3.63, 3.8) is 0 Å². The molecule has 0 radical (unpaired) electrons. The second-order valence-corrected chi connectivity index (χ2v) is 6.78. The summed E-state index contributed by atoms with van der Waals surface area (Å²) in [4.78, 5) is 23.7. The van der Waals surface area contributed by atoms with Gasteiger partial charge in [-0.25, -0.2) is 4.79 Å². The summed E-state index contributed by atoms with van der Waals surface area (Å²) in [6, 6.07) is 15.3. The van der Waals surface area contributed by atoms with E-state index in [0.29, 0.717) is 21.2 Å². The van der Waals surface area contributed by atoms with E-state index in [1.807, 2.05) is 24.3 Å². The quantitative estimate of drug-likeness (QED) is 0.537. The minimum absolute atomic E-state index is 0.0271. The highest BCUT2D eigenvalue weighted by Gasteiger charge is 2.13. The van der Waals surface area contributed by atoms with E-state index in [1.54, 1.807) is 37.3 Å². The monoisotopic (exact) mass is 399 g/mol. The molecule has 0 saturated heterocycles. The highest BCUT2D eigenvalue weighted by molar-refractivity contribution is 6.38. The van der Waals surface area contributed by atoms with Crippen molar-refractivity contribution in [3.8, 4) is 0 Å². The molecule has 6 heteroatoms. The zero-order chi connectivity index (χ0) is 19.6. The number of rotatable bonds is 4. The molecule has 2 N–H and O–H groups in total. The molecule has 0 heterocycles. The van der Waals surface area contributed by atoms with E-state index in [1.165, 1.54) is 6.07 Å². The second-order valence-electron chi connectivity index (χ2n) is 5.97. The third-order valence-electron chi connectivity index (χ3n) is 4.08. The molecule has 3 aromatic carbocycles. The lowest BCUT2D eigenvalue weighted by atomic mass is 10.0. The summed E-state index contributed by atoms with van der Waals surface area (Å²) in [6.45, 7) is 1.64. The van der Waals surface area contributed by atoms with Gasteiger partial charge in [0.25, 0.3) is 5.91 Å². The van der Waals surface area contributed by atoms with Gasteiger partial charge in [-0.15, -0.1) is 0 Å². The molecule has 0 aromatic heterocycles. The van der Waals surface area contributed by atoms with Crippen molar-refractivity contribution < 1.29 is 14.7 Å². The Kier molecular flexibility index (Phi) is 5.49. The number of amides is 1. The van der Waals surface area contributed by atoms with Crippen LogP contribution in [0.25, 0.3) is 16.8 Å². The molecule has 1 amide bonds. The molecule has 0 saturated carbocycles. The Balaban J connectivity index is 1.90. The zero-order valence-electron chi connectivity index (χ0n) is 14.3. The number of halogens is 2. The Morgan fingerprint density at radius 1 is 1.04 bits per heavy atom. The van der Waals surface area contributed by atoms with E-state index >= 15 is 0 Å². The number of nitrogens with one attached hydrogen (secondary N) is 1. The fourth-order valence-corrected chi connectivity index (χ4v) is 3.16. The molecule has 0 fully saturated rings. The van der Waals surface area contributed by atoms with Crippen LogP contribution in [0, 0.1) is 0 Å². The average Bonchev–Trinajstić information content (AvgIpc) is 2.64. The van der Waals surface area contributed by atoms with Gasteiger partial charge < -0.3 is 10.4 Å². The summed E-state index contributed by atoms with van der Waals surface area (Å²) >= 11 is 12.5. The summed E-state index contributed by atoms with van der Waals surface area (Å²) in [5.41, 5.74) is 1.34. The number of carboxylic acids is 1. The summed E-state index contributed by atoms with van der Waals surface area (Å²) < 4.78 is 0. The van der Waals surface area contributed by atoms with Crippen LogP contribution in [0.15, 0.2) is 60.2 Å². The first-order valence-electron chi connectivity index (χ1n) is 8.06. The number of hydrogen-bond acceptors (Lipinski definition) is 2. The fraction of sp³-hybridized carbons (Fsp3) is 0.0476. The Hall–Kier alpha value is -2.82. The van der Waals surface area contributed by atoms with E-state index in [2.05, 4.69) is 5.32 Å². The number of fused-ring (bicyclic) bond motifs is 1. The predicted octanol–water partition coefficient (Wildman–Crippen LogP) is 5.89. The molecule has 3 aromatic rings. The summed E-state index contributed by atoms with van der Waals surface area (Å²) in [6.07, 6.45) is 1.66. The smallest absolute Gasteiger partial charge is 0.337 e. The lowest BCUT2D eigenvalue weighted by molar-refractivity contribution is -0.112. The SMILES string of the molecule is CC(=Cc1ccc2cc(Cl)ccc2c1Cl)C(=O)Nc1ccccc1C(=O)O. The van der Waals surface area contributed by atoms with Gasteiger partial charge in [0, 0.05) is 16.0 Å². The van der Waals surface area contributed by atoms with Crippen molar-refractivity contribution in [2.24, 2.45) is 0 Å². The van der Waals surface area contributed by atoms with Gasteiger partial charge in [-0.1, -0.05) is 53.5 Å². The van der Waals surface area contributed by atoms with Gasteiger partial charge in [0.2, 0.25) is 0 Å². The Morgan fingerprint density at radius 2 is 1.78 bits per heavy atom. The maximum atomic E-state index is 12.5. The van der Waals surface area contributed by atoms with Crippen LogP contribution >= 0.6 is 23.2 Å². The van der Waals surface area contributed by atoms with Crippen LogP contribution in [0.5, 0.6) is 0 Å². The zero-order valence-corrected chi connectivity index (χ0v) is 15.8. The standard InChI is InChI=1S/C21H15Cl2NO3/c1-12(20(25)24-18-5-3-2-4-17(18)21(26)27)10-14-7-6-13-11-15(22)8-9-16(13)19(14)23/h2-11H,1H3,(H,24,25)(H,26,27). The van der Waals surface area contributed by atoms with Crippen molar-refractivity contribution in [3.05, 3.63) is 81.3 Å². The van der Waals surface area contributed by atoms with Gasteiger partial charge in [0.15, 0.2) is 0 Å². The number of benzene rings is 3. The van der Waals surface area contributed by atoms with Gasteiger partial charge in [0.1, 0.15) is 0 Å². The first-order chi connectivity index (χ1) is 12.9. The third kappa shape index (κ3) is 4.13. The maximum absolute atomic E-state index is 12.5. The largest absolute Gasteiger partial charge is 0.478 e. The van der Waals surface area contributed by atoms with Crippen LogP contribution in [0.2, 0.25) is 10.0 Å². The maximum Gasteiger partial charge on any atom is 0.337 e. The number of hydrogen-bond donors (Lipinski definition) is 2. The third-order valence-corrected chi connectivity index (χ3v) is 4.74. The van der Waals surface area contributed by atoms with Crippen molar-refractivity contribution in [1.29, 1.82) is 0 Å². The van der Waals surface area contributed by atoms with Gasteiger partial charge >= 0.3 is 5.97 Å². The second kappa shape index (κ2) is 7.82. The predicted molar refractivity (Wildman–Crippen MR) is 110 cm³/mol.